The highest BCUT2D eigenvalue weighted by Crippen LogP contribution is 1.93. The second kappa shape index (κ2) is 3.04. The van der Waals surface area contributed by atoms with Gasteiger partial charge in [0.15, 0.2) is 0 Å². The molecule has 0 aromatic heterocycles. The van der Waals surface area contributed by atoms with Crippen LogP contribution in [0.15, 0.2) is 0 Å². The summed E-state index contributed by atoms with van der Waals surface area (Å²) >= 11 is 0. The summed E-state index contributed by atoms with van der Waals surface area (Å²) in [5.41, 5.74) is 0. The van der Waals surface area contributed by atoms with Crippen LogP contribution in [0.25, 0.3) is 0 Å². The Labute approximate surface area is 50.3 Å². The Bertz CT molecular complexity index is 119. The number of rotatable bonds is 2. The number of thiol groups is 1. The fraction of sp³-hybridized carbons (Fsp3) is 1.00. The summed E-state index contributed by atoms with van der Waals surface area (Å²) in [6, 6.07) is 0. The van der Waals surface area contributed by atoms with Crippen LogP contribution in [0.2, 0.25) is 0 Å². The van der Waals surface area contributed by atoms with E-state index in [1.54, 1.807) is 0 Å². The Hall–Kier alpha value is -0.0900. The van der Waals surface area contributed by atoms with Gasteiger partial charge in [-0.1, -0.05) is 0 Å². The fourth-order valence-electron chi connectivity index (χ4n) is 0.176. The molecule has 0 heterocycles. The van der Waals surface area contributed by atoms with Crippen molar-refractivity contribution in [1.29, 1.82) is 0 Å². The topological polar surface area (TPSA) is 54.4 Å². The predicted molar refractivity (Wildman–Crippen MR) is 31.5 cm³/mol. The lowest BCUT2D eigenvalue weighted by Gasteiger charge is -2.04. The van der Waals surface area contributed by atoms with Crippen LogP contribution in [0.3, 0.4) is 0 Å². The molecule has 0 aliphatic rings. The van der Waals surface area contributed by atoms with Crippen molar-refractivity contribution in [3.8, 4) is 0 Å². The van der Waals surface area contributed by atoms with Gasteiger partial charge in [-0.15, -0.1) is 0 Å². The summed E-state index contributed by atoms with van der Waals surface area (Å²) < 4.78 is 20.0. The van der Waals surface area contributed by atoms with Crippen LogP contribution in [0.5, 0.6) is 0 Å². The highest BCUT2D eigenvalue weighted by Gasteiger charge is 2.09. The first-order valence-electron chi connectivity index (χ1n) is 2.37. The van der Waals surface area contributed by atoms with Gasteiger partial charge in [0.05, 0.1) is 11.4 Å². The van der Waals surface area contributed by atoms with Crippen LogP contribution in [-0.4, -0.2) is 24.9 Å². The van der Waals surface area contributed by atoms with Gasteiger partial charge in [0, 0.05) is 0 Å². The normalized spacial score (nSPS) is 18.5. The molecule has 0 aromatic rings. The van der Waals surface area contributed by atoms with E-state index < -0.39 is 22.1 Å². The van der Waals surface area contributed by atoms with Crippen LogP contribution in [0, 0.1) is 0 Å². The Kier molecular flexibility index (Phi) is 3.01. The molecule has 0 bridgehead atoms. The summed E-state index contributed by atoms with van der Waals surface area (Å²) in [6.07, 6.45) is -0.754. The smallest absolute Gasteiger partial charge is 0.145 e. The van der Waals surface area contributed by atoms with Crippen molar-refractivity contribution >= 4 is 10.7 Å². The third-order valence-electron chi connectivity index (χ3n) is 1.03. The molecule has 0 radical (unpaired) electrons. The van der Waals surface area contributed by atoms with E-state index in [1.807, 2.05) is 0 Å². The molecule has 2 atom stereocenters. The minimum atomic E-state index is -2.45. The molecule has 0 aliphatic heterocycles. The van der Waals surface area contributed by atoms with Gasteiger partial charge in [0.2, 0.25) is 0 Å². The SMILES string of the molecule is CC(O)C(C)[SH](=O)=O. The summed E-state index contributed by atoms with van der Waals surface area (Å²) in [5.74, 6) is 0. The Morgan fingerprint density at radius 2 is 1.75 bits per heavy atom. The molecule has 0 aliphatic carbocycles. The standard InChI is InChI=1S/C4H10O3S/c1-3(5)4(2)8(6)7/h3-5,8H,1-2H3. The van der Waals surface area contributed by atoms with Crippen molar-refractivity contribution in [2.75, 3.05) is 0 Å². The van der Waals surface area contributed by atoms with Gasteiger partial charge in [-0.05, 0) is 13.8 Å². The number of hydrogen-bond acceptors (Lipinski definition) is 3. The molecule has 0 rings (SSSR count). The van der Waals surface area contributed by atoms with Crippen LogP contribution < -0.4 is 0 Å². The summed E-state index contributed by atoms with van der Waals surface area (Å²) in [7, 11) is -2.45. The van der Waals surface area contributed by atoms with Gasteiger partial charge in [-0.2, -0.15) is 0 Å². The van der Waals surface area contributed by atoms with Crippen molar-refractivity contribution in [1.82, 2.24) is 0 Å². The second-order valence-corrected chi connectivity index (χ2v) is 3.15. The van der Waals surface area contributed by atoms with Gasteiger partial charge >= 0.3 is 0 Å². The van der Waals surface area contributed by atoms with Crippen LogP contribution in [0.1, 0.15) is 13.8 Å². The first kappa shape index (κ1) is 7.91. The molecule has 0 saturated carbocycles. The quantitative estimate of drug-likeness (QED) is 0.499. The van der Waals surface area contributed by atoms with Gasteiger partial charge < -0.3 is 5.11 Å². The zero-order valence-electron chi connectivity index (χ0n) is 4.87. The lowest BCUT2D eigenvalue weighted by Crippen LogP contribution is -2.20. The van der Waals surface area contributed by atoms with E-state index in [0.717, 1.165) is 0 Å². The molecule has 3 nitrogen and oxygen atoms in total. The third kappa shape index (κ3) is 2.28. The number of hydrogen-bond donors (Lipinski definition) is 2. The minimum absolute atomic E-state index is 0.620. The zero-order valence-corrected chi connectivity index (χ0v) is 5.76. The van der Waals surface area contributed by atoms with Crippen molar-refractivity contribution < 1.29 is 13.5 Å². The van der Waals surface area contributed by atoms with Crippen LogP contribution in [-0.2, 0) is 10.7 Å². The maximum Gasteiger partial charge on any atom is 0.145 e. The molecule has 0 aromatic carbocycles. The van der Waals surface area contributed by atoms with E-state index in [2.05, 4.69) is 0 Å². The lowest BCUT2D eigenvalue weighted by molar-refractivity contribution is 0.194. The molecule has 8 heavy (non-hydrogen) atoms. The lowest BCUT2D eigenvalue weighted by atomic mass is 10.3. The molecule has 4 heteroatoms. The molecule has 1 N–H and O–H groups in total. The van der Waals surface area contributed by atoms with E-state index in [4.69, 9.17) is 5.11 Å². The average Bonchev–Trinajstić information content (AvgIpc) is 1.64. The summed E-state index contributed by atoms with van der Waals surface area (Å²) in [4.78, 5) is 0. The Morgan fingerprint density at radius 1 is 1.38 bits per heavy atom. The van der Waals surface area contributed by atoms with Gasteiger partial charge in [-0.25, -0.2) is 8.42 Å². The maximum atomic E-state index is 10.0. The summed E-state index contributed by atoms with van der Waals surface area (Å²) in [6.45, 7) is 2.92. The van der Waals surface area contributed by atoms with Gasteiger partial charge in [0.1, 0.15) is 10.7 Å². The van der Waals surface area contributed by atoms with Crippen molar-refractivity contribution in [2.45, 2.75) is 25.2 Å². The van der Waals surface area contributed by atoms with Gasteiger partial charge in [-0.3, -0.25) is 0 Å². The maximum absolute atomic E-state index is 10.0. The van der Waals surface area contributed by atoms with Crippen LogP contribution in [0.4, 0.5) is 0 Å². The van der Waals surface area contributed by atoms with Crippen molar-refractivity contribution in [3.63, 3.8) is 0 Å². The number of aliphatic hydroxyl groups is 1. The summed E-state index contributed by atoms with van der Waals surface area (Å²) in [5, 5.41) is 7.99. The molecular weight excluding hydrogens is 128 g/mol. The Balaban J connectivity index is 3.83. The van der Waals surface area contributed by atoms with E-state index >= 15 is 0 Å². The fourth-order valence-corrected chi connectivity index (χ4v) is 0.528. The number of aliphatic hydroxyl groups excluding tert-OH is 1. The largest absolute Gasteiger partial charge is 0.392 e. The highest BCUT2D eigenvalue weighted by molar-refractivity contribution is 7.73. The highest BCUT2D eigenvalue weighted by atomic mass is 32.2. The van der Waals surface area contributed by atoms with E-state index in [-0.39, 0.29) is 0 Å². The second-order valence-electron chi connectivity index (χ2n) is 1.77. The first-order valence-corrected chi connectivity index (χ1v) is 3.62. The minimum Gasteiger partial charge on any atom is -0.392 e. The Morgan fingerprint density at radius 3 is 1.75 bits per heavy atom. The van der Waals surface area contributed by atoms with E-state index in [9.17, 15) is 8.42 Å². The van der Waals surface area contributed by atoms with Gasteiger partial charge in [0.25, 0.3) is 0 Å². The average molecular weight is 138 g/mol. The molecule has 0 amide bonds. The van der Waals surface area contributed by atoms with E-state index in [0.29, 0.717) is 0 Å². The van der Waals surface area contributed by atoms with E-state index in [1.165, 1.54) is 13.8 Å². The molecule has 0 saturated heterocycles. The molecular formula is C4H10O3S. The predicted octanol–water partition coefficient (Wildman–Crippen LogP) is -0.633. The third-order valence-corrected chi connectivity index (χ3v) is 2.13. The first-order chi connectivity index (χ1) is 3.55. The van der Waals surface area contributed by atoms with Crippen molar-refractivity contribution in [3.05, 3.63) is 0 Å². The zero-order chi connectivity index (χ0) is 6.73. The van der Waals surface area contributed by atoms with Crippen LogP contribution >= 0.6 is 0 Å². The molecule has 0 spiro atoms. The molecule has 0 fully saturated rings. The molecule has 50 valence electrons. The van der Waals surface area contributed by atoms with Crippen molar-refractivity contribution in [2.24, 2.45) is 0 Å². The molecule has 2 unspecified atom stereocenters. The monoisotopic (exact) mass is 138 g/mol.